The van der Waals surface area contributed by atoms with Crippen molar-refractivity contribution in [3.05, 3.63) is 28.8 Å². The highest BCUT2D eigenvalue weighted by molar-refractivity contribution is 6.30. The summed E-state index contributed by atoms with van der Waals surface area (Å²) < 4.78 is 5.64. The third kappa shape index (κ3) is 3.12. The zero-order valence-corrected chi connectivity index (χ0v) is 10.9. The van der Waals surface area contributed by atoms with Gasteiger partial charge in [0.2, 0.25) is 0 Å². The molecule has 4 heteroatoms. The molecule has 0 saturated carbocycles. The molecule has 1 aromatic rings. The van der Waals surface area contributed by atoms with E-state index in [-0.39, 0.29) is 0 Å². The third-order valence-electron chi connectivity index (χ3n) is 3.18. The minimum absolute atomic E-state index is 0.338. The van der Waals surface area contributed by atoms with E-state index in [1.807, 2.05) is 18.2 Å². The highest BCUT2D eigenvalue weighted by Crippen LogP contribution is 2.25. The first-order valence-corrected chi connectivity index (χ1v) is 6.39. The summed E-state index contributed by atoms with van der Waals surface area (Å²) in [4.78, 5) is 2.18. The molecule has 94 valence electrons. The fourth-order valence-corrected chi connectivity index (χ4v) is 2.42. The summed E-state index contributed by atoms with van der Waals surface area (Å²) >= 11 is 6.04. The van der Waals surface area contributed by atoms with Crippen molar-refractivity contribution < 1.29 is 4.74 Å². The average molecular weight is 255 g/mol. The number of anilines is 1. The Labute approximate surface area is 107 Å². The minimum Gasteiger partial charge on any atom is -0.376 e. The molecule has 1 unspecified atom stereocenters. The van der Waals surface area contributed by atoms with Crippen molar-refractivity contribution in [2.75, 3.05) is 25.1 Å². The van der Waals surface area contributed by atoms with E-state index >= 15 is 0 Å². The normalized spacial score (nSPS) is 19.6. The van der Waals surface area contributed by atoms with Crippen molar-refractivity contribution in [3.63, 3.8) is 0 Å². The summed E-state index contributed by atoms with van der Waals surface area (Å²) in [6, 6.07) is 5.84. The number of rotatable bonds is 4. The molecule has 17 heavy (non-hydrogen) atoms. The molecule has 0 aromatic heterocycles. The van der Waals surface area contributed by atoms with Gasteiger partial charge in [0, 0.05) is 37.5 Å². The second kappa shape index (κ2) is 5.71. The van der Waals surface area contributed by atoms with Crippen LogP contribution in [0.5, 0.6) is 0 Å². The van der Waals surface area contributed by atoms with Crippen LogP contribution in [0, 0.1) is 0 Å². The summed E-state index contributed by atoms with van der Waals surface area (Å²) in [5.74, 6) is 0. The van der Waals surface area contributed by atoms with Gasteiger partial charge in [-0.15, -0.1) is 0 Å². The number of likely N-dealkylation sites (N-methyl/N-ethyl adjacent to an activating group) is 1. The van der Waals surface area contributed by atoms with Gasteiger partial charge in [0.1, 0.15) is 0 Å². The average Bonchev–Trinajstić information content (AvgIpc) is 2.81. The number of halogens is 1. The molecule has 0 spiro atoms. The van der Waals surface area contributed by atoms with Crippen LogP contribution in [-0.4, -0.2) is 26.3 Å². The van der Waals surface area contributed by atoms with Gasteiger partial charge in [-0.3, -0.25) is 0 Å². The molecule has 0 amide bonds. The monoisotopic (exact) mass is 254 g/mol. The Kier molecular flexibility index (Phi) is 4.26. The lowest BCUT2D eigenvalue weighted by Gasteiger charge is -2.25. The molecule has 1 heterocycles. The molecule has 1 aliphatic rings. The Morgan fingerprint density at radius 3 is 3.00 bits per heavy atom. The second-order valence-corrected chi connectivity index (χ2v) is 4.93. The fourth-order valence-electron chi connectivity index (χ4n) is 2.26. The van der Waals surface area contributed by atoms with Crippen LogP contribution >= 0.6 is 11.6 Å². The maximum Gasteiger partial charge on any atom is 0.0750 e. The van der Waals surface area contributed by atoms with E-state index in [1.165, 1.54) is 0 Å². The number of hydrogen-bond donors (Lipinski definition) is 1. The number of nitrogens with zero attached hydrogens (tertiary/aromatic N) is 1. The van der Waals surface area contributed by atoms with Crippen molar-refractivity contribution in [2.45, 2.75) is 25.5 Å². The summed E-state index contributed by atoms with van der Waals surface area (Å²) in [5, 5.41) is 0.747. The molecular weight excluding hydrogens is 236 g/mol. The van der Waals surface area contributed by atoms with Gasteiger partial charge in [-0.2, -0.15) is 0 Å². The maximum absolute atomic E-state index is 6.04. The van der Waals surface area contributed by atoms with Gasteiger partial charge in [-0.25, -0.2) is 0 Å². The van der Waals surface area contributed by atoms with Crippen LogP contribution in [0.4, 0.5) is 5.69 Å². The van der Waals surface area contributed by atoms with Crippen LogP contribution < -0.4 is 10.6 Å². The lowest BCUT2D eigenvalue weighted by Crippen LogP contribution is -2.29. The third-order valence-corrected chi connectivity index (χ3v) is 3.42. The highest BCUT2D eigenvalue weighted by Gasteiger charge is 2.18. The van der Waals surface area contributed by atoms with Crippen molar-refractivity contribution >= 4 is 17.3 Å². The fraction of sp³-hybridized carbons (Fsp3) is 0.538. The highest BCUT2D eigenvalue weighted by atomic mass is 35.5. The van der Waals surface area contributed by atoms with Gasteiger partial charge >= 0.3 is 0 Å². The first-order valence-electron chi connectivity index (χ1n) is 6.02. The maximum atomic E-state index is 6.04. The largest absolute Gasteiger partial charge is 0.376 e. The molecule has 0 radical (unpaired) electrons. The van der Waals surface area contributed by atoms with E-state index in [9.17, 15) is 0 Å². The zero-order valence-electron chi connectivity index (χ0n) is 10.2. The summed E-state index contributed by atoms with van der Waals surface area (Å²) in [6.07, 6.45) is 2.64. The predicted octanol–water partition coefficient (Wildman–Crippen LogP) is 2.41. The lowest BCUT2D eigenvalue weighted by atomic mass is 10.1. The van der Waals surface area contributed by atoms with Crippen LogP contribution in [-0.2, 0) is 11.3 Å². The topological polar surface area (TPSA) is 38.5 Å². The van der Waals surface area contributed by atoms with Crippen molar-refractivity contribution in [1.82, 2.24) is 0 Å². The summed E-state index contributed by atoms with van der Waals surface area (Å²) in [6.45, 7) is 2.31. The van der Waals surface area contributed by atoms with Gasteiger partial charge in [0.15, 0.2) is 0 Å². The van der Waals surface area contributed by atoms with E-state index in [2.05, 4.69) is 11.9 Å². The Hall–Kier alpha value is -0.770. The molecule has 1 aromatic carbocycles. The van der Waals surface area contributed by atoms with Gasteiger partial charge in [-0.1, -0.05) is 17.7 Å². The second-order valence-electron chi connectivity index (χ2n) is 4.49. The molecule has 1 aliphatic heterocycles. The first-order chi connectivity index (χ1) is 8.20. The van der Waals surface area contributed by atoms with E-state index in [4.69, 9.17) is 22.1 Å². The SMILES string of the molecule is CN(CC1CCCO1)c1cc(Cl)ccc1CN. The molecule has 0 bridgehead atoms. The molecular formula is C13H19ClN2O. The van der Waals surface area contributed by atoms with Crippen LogP contribution in [0.1, 0.15) is 18.4 Å². The smallest absolute Gasteiger partial charge is 0.0750 e. The molecule has 2 N–H and O–H groups in total. The Morgan fingerprint density at radius 1 is 1.53 bits per heavy atom. The van der Waals surface area contributed by atoms with Crippen molar-refractivity contribution in [1.29, 1.82) is 0 Å². The molecule has 1 atom stereocenters. The first kappa shape index (κ1) is 12.7. The van der Waals surface area contributed by atoms with Crippen LogP contribution in [0.3, 0.4) is 0 Å². The summed E-state index contributed by atoms with van der Waals surface area (Å²) in [5.41, 5.74) is 7.97. The number of ether oxygens (including phenoxy) is 1. The molecule has 0 aliphatic carbocycles. The Bertz CT molecular complexity index is 378. The Balaban J connectivity index is 2.11. The van der Waals surface area contributed by atoms with Crippen LogP contribution in [0.2, 0.25) is 5.02 Å². The standard InChI is InChI=1S/C13H19ClN2O/c1-16(9-12-3-2-6-17-12)13-7-11(14)5-4-10(13)8-15/h4-5,7,12H,2-3,6,8-9,15H2,1H3. The van der Waals surface area contributed by atoms with Crippen LogP contribution in [0.25, 0.3) is 0 Å². The van der Waals surface area contributed by atoms with E-state index in [0.717, 1.165) is 42.3 Å². The quantitative estimate of drug-likeness (QED) is 0.897. The molecule has 1 fully saturated rings. The molecule has 3 nitrogen and oxygen atoms in total. The zero-order chi connectivity index (χ0) is 12.3. The van der Waals surface area contributed by atoms with Gasteiger partial charge < -0.3 is 15.4 Å². The molecule has 2 rings (SSSR count). The molecule has 1 saturated heterocycles. The van der Waals surface area contributed by atoms with E-state index in [0.29, 0.717) is 12.6 Å². The Morgan fingerprint density at radius 2 is 2.35 bits per heavy atom. The minimum atomic E-state index is 0.338. The summed E-state index contributed by atoms with van der Waals surface area (Å²) in [7, 11) is 2.06. The van der Waals surface area contributed by atoms with E-state index < -0.39 is 0 Å². The number of nitrogens with two attached hydrogens (primary N) is 1. The van der Waals surface area contributed by atoms with Crippen molar-refractivity contribution in [2.24, 2.45) is 5.73 Å². The van der Waals surface area contributed by atoms with Crippen LogP contribution in [0.15, 0.2) is 18.2 Å². The lowest BCUT2D eigenvalue weighted by molar-refractivity contribution is 0.116. The number of hydrogen-bond acceptors (Lipinski definition) is 3. The van der Waals surface area contributed by atoms with Gasteiger partial charge in [-0.05, 0) is 30.5 Å². The van der Waals surface area contributed by atoms with Crippen molar-refractivity contribution in [3.8, 4) is 0 Å². The van der Waals surface area contributed by atoms with Gasteiger partial charge in [0.25, 0.3) is 0 Å². The van der Waals surface area contributed by atoms with E-state index in [1.54, 1.807) is 0 Å². The predicted molar refractivity (Wildman–Crippen MR) is 71.6 cm³/mol. The number of benzene rings is 1. The van der Waals surface area contributed by atoms with Gasteiger partial charge in [0.05, 0.1) is 6.10 Å².